The van der Waals surface area contributed by atoms with Crippen molar-refractivity contribution in [3.63, 3.8) is 0 Å². The van der Waals surface area contributed by atoms with Crippen molar-refractivity contribution in [3.05, 3.63) is 29.3 Å². The van der Waals surface area contributed by atoms with Gasteiger partial charge in [0, 0.05) is 5.56 Å². The van der Waals surface area contributed by atoms with Gasteiger partial charge in [-0.05, 0) is 13.0 Å². The minimum absolute atomic E-state index is 0.378. The van der Waals surface area contributed by atoms with E-state index in [4.69, 9.17) is 16.3 Å². The summed E-state index contributed by atoms with van der Waals surface area (Å²) >= 11 is 5.79. The summed E-state index contributed by atoms with van der Waals surface area (Å²) in [6.07, 6.45) is 0. The molecule has 0 amide bonds. The molecule has 62 valence electrons. The Morgan fingerprint density at radius 3 is 3.00 bits per heavy atom. The van der Waals surface area contributed by atoms with Crippen LogP contribution >= 0.6 is 11.6 Å². The lowest BCUT2D eigenvalue weighted by molar-refractivity contribution is -0.132. The summed E-state index contributed by atoms with van der Waals surface area (Å²) in [5.41, 5.74) is 1.86. The van der Waals surface area contributed by atoms with E-state index in [1.807, 2.05) is 19.1 Å². The van der Waals surface area contributed by atoms with Gasteiger partial charge in [0.1, 0.15) is 5.75 Å². The zero-order valence-electron chi connectivity index (χ0n) is 6.50. The van der Waals surface area contributed by atoms with E-state index in [9.17, 15) is 4.79 Å². The molecule has 1 heterocycles. The molecule has 1 aromatic rings. The molecule has 2 rings (SSSR count). The molecule has 0 N–H and O–H groups in total. The Kier molecular flexibility index (Phi) is 1.58. The van der Waals surface area contributed by atoms with Crippen LogP contribution < -0.4 is 4.74 Å². The molecule has 0 aromatic heterocycles. The van der Waals surface area contributed by atoms with Crippen LogP contribution in [0.3, 0.4) is 0 Å². The van der Waals surface area contributed by atoms with E-state index in [1.165, 1.54) is 0 Å². The van der Waals surface area contributed by atoms with E-state index in [1.54, 1.807) is 6.07 Å². The minimum Gasteiger partial charge on any atom is -0.425 e. The number of carbonyl (C=O) groups is 1. The number of benzene rings is 1. The van der Waals surface area contributed by atoms with Crippen LogP contribution in [-0.2, 0) is 4.79 Å². The summed E-state index contributed by atoms with van der Waals surface area (Å²) in [4.78, 5) is 11.0. The maximum absolute atomic E-state index is 11.0. The fourth-order valence-corrected chi connectivity index (χ4v) is 1.46. The zero-order chi connectivity index (χ0) is 8.72. The van der Waals surface area contributed by atoms with Gasteiger partial charge in [-0.25, -0.2) is 4.79 Å². The summed E-state index contributed by atoms with van der Waals surface area (Å²) in [5, 5.41) is -0.625. The third-order valence-corrected chi connectivity index (χ3v) is 2.27. The number of esters is 1. The molecular weight excluding hydrogens is 176 g/mol. The maximum atomic E-state index is 11.0. The van der Waals surface area contributed by atoms with Crippen LogP contribution in [0.15, 0.2) is 18.2 Å². The van der Waals surface area contributed by atoms with E-state index in [-0.39, 0.29) is 5.97 Å². The predicted octanol–water partition coefficient (Wildman–Crippen LogP) is 2.19. The lowest BCUT2D eigenvalue weighted by atomic mass is 10.1. The van der Waals surface area contributed by atoms with E-state index in [0.29, 0.717) is 5.75 Å². The molecule has 1 unspecified atom stereocenters. The van der Waals surface area contributed by atoms with Crippen molar-refractivity contribution in [1.29, 1.82) is 0 Å². The van der Waals surface area contributed by atoms with Crippen LogP contribution in [0.5, 0.6) is 5.75 Å². The Hall–Kier alpha value is -1.02. The van der Waals surface area contributed by atoms with Crippen molar-refractivity contribution in [1.82, 2.24) is 0 Å². The fourth-order valence-electron chi connectivity index (χ4n) is 1.25. The van der Waals surface area contributed by atoms with Crippen molar-refractivity contribution in [3.8, 4) is 5.75 Å². The first-order chi connectivity index (χ1) is 5.68. The van der Waals surface area contributed by atoms with Crippen molar-refractivity contribution in [2.75, 3.05) is 0 Å². The highest BCUT2D eigenvalue weighted by Gasteiger charge is 2.30. The van der Waals surface area contributed by atoms with Gasteiger partial charge in [-0.2, -0.15) is 0 Å². The summed E-state index contributed by atoms with van der Waals surface area (Å²) in [6.45, 7) is 1.95. The maximum Gasteiger partial charge on any atom is 0.334 e. The number of rotatable bonds is 0. The first-order valence-electron chi connectivity index (χ1n) is 3.65. The van der Waals surface area contributed by atoms with Gasteiger partial charge in [-0.15, -0.1) is 11.6 Å². The summed E-state index contributed by atoms with van der Waals surface area (Å²) < 4.78 is 4.90. The third-order valence-electron chi connectivity index (χ3n) is 1.86. The van der Waals surface area contributed by atoms with Gasteiger partial charge in [-0.1, -0.05) is 17.7 Å². The average Bonchev–Trinajstić information content (AvgIpc) is 2.31. The monoisotopic (exact) mass is 182 g/mol. The molecule has 2 nitrogen and oxygen atoms in total. The average molecular weight is 183 g/mol. The van der Waals surface area contributed by atoms with Crippen LogP contribution in [0, 0.1) is 6.92 Å². The Morgan fingerprint density at radius 1 is 1.50 bits per heavy atom. The summed E-state index contributed by atoms with van der Waals surface area (Å²) in [7, 11) is 0. The highest BCUT2D eigenvalue weighted by atomic mass is 35.5. The van der Waals surface area contributed by atoms with Gasteiger partial charge in [0.05, 0.1) is 0 Å². The second-order valence-corrected chi connectivity index (χ2v) is 3.26. The van der Waals surface area contributed by atoms with Crippen molar-refractivity contribution < 1.29 is 9.53 Å². The van der Waals surface area contributed by atoms with Crippen molar-refractivity contribution in [2.24, 2.45) is 0 Å². The molecule has 0 spiro atoms. The normalized spacial score (nSPS) is 20.5. The van der Waals surface area contributed by atoms with Crippen molar-refractivity contribution in [2.45, 2.75) is 12.3 Å². The molecule has 0 bridgehead atoms. The summed E-state index contributed by atoms with van der Waals surface area (Å²) in [6, 6.07) is 5.53. The molecule has 1 aromatic carbocycles. The zero-order valence-corrected chi connectivity index (χ0v) is 7.26. The van der Waals surface area contributed by atoms with Crippen LogP contribution in [-0.4, -0.2) is 5.97 Å². The van der Waals surface area contributed by atoms with Gasteiger partial charge in [-0.3, -0.25) is 0 Å². The molecule has 12 heavy (non-hydrogen) atoms. The number of ether oxygens (including phenoxy) is 1. The standard InChI is InChI=1S/C9H7ClO2/c1-5-2-3-7-6(4-5)8(10)9(11)12-7/h2-4,8H,1H3. The van der Waals surface area contributed by atoms with Gasteiger partial charge in [0.15, 0.2) is 5.38 Å². The van der Waals surface area contributed by atoms with E-state index < -0.39 is 5.38 Å². The quantitative estimate of drug-likeness (QED) is 0.349. The lowest BCUT2D eigenvalue weighted by Gasteiger charge is -1.97. The molecule has 0 saturated carbocycles. The number of alkyl halides is 1. The number of carbonyl (C=O) groups excluding carboxylic acids is 1. The number of halogens is 1. The highest BCUT2D eigenvalue weighted by molar-refractivity contribution is 6.31. The number of hydrogen-bond acceptors (Lipinski definition) is 2. The van der Waals surface area contributed by atoms with E-state index >= 15 is 0 Å². The smallest absolute Gasteiger partial charge is 0.334 e. The minimum atomic E-state index is -0.625. The number of fused-ring (bicyclic) bond motifs is 1. The molecule has 0 fully saturated rings. The second kappa shape index (κ2) is 2.49. The van der Waals surface area contributed by atoms with Gasteiger partial charge >= 0.3 is 5.97 Å². The van der Waals surface area contributed by atoms with E-state index in [2.05, 4.69) is 0 Å². The number of aryl methyl sites for hydroxylation is 1. The third kappa shape index (κ3) is 0.994. The molecular formula is C9H7ClO2. The molecule has 0 saturated heterocycles. The number of hydrogen-bond donors (Lipinski definition) is 0. The van der Waals surface area contributed by atoms with Crippen LogP contribution in [0.2, 0.25) is 0 Å². The largest absolute Gasteiger partial charge is 0.425 e. The Morgan fingerprint density at radius 2 is 2.25 bits per heavy atom. The Bertz CT molecular complexity index is 346. The molecule has 0 aliphatic carbocycles. The topological polar surface area (TPSA) is 26.3 Å². The van der Waals surface area contributed by atoms with Gasteiger partial charge in [0.2, 0.25) is 0 Å². The predicted molar refractivity (Wildman–Crippen MR) is 45.4 cm³/mol. The van der Waals surface area contributed by atoms with Gasteiger partial charge in [0.25, 0.3) is 0 Å². The first kappa shape index (κ1) is 7.62. The van der Waals surface area contributed by atoms with Crippen molar-refractivity contribution >= 4 is 17.6 Å². The Balaban J connectivity index is 2.55. The molecule has 1 atom stereocenters. The SMILES string of the molecule is Cc1ccc2c(c1)C(Cl)C(=O)O2. The van der Waals surface area contributed by atoms with Crippen LogP contribution in [0.1, 0.15) is 16.5 Å². The van der Waals surface area contributed by atoms with Crippen LogP contribution in [0.25, 0.3) is 0 Å². The summed E-state index contributed by atoms with van der Waals surface area (Å²) in [5.74, 6) is 0.211. The van der Waals surface area contributed by atoms with Crippen LogP contribution in [0.4, 0.5) is 0 Å². The molecule has 1 aliphatic rings. The van der Waals surface area contributed by atoms with Gasteiger partial charge < -0.3 is 4.74 Å². The molecule has 0 radical (unpaired) electrons. The highest BCUT2D eigenvalue weighted by Crippen LogP contribution is 2.37. The lowest BCUT2D eigenvalue weighted by Crippen LogP contribution is -2.03. The second-order valence-electron chi connectivity index (χ2n) is 2.82. The Labute approximate surface area is 75.1 Å². The van der Waals surface area contributed by atoms with E-state index in [0.717, 1.165) is 11.1 Å². The fraction of sp³-hybridized carbons (Fsp3) is 0.222. The first-order valence-corrected chi connectivity index (χ1v) is 4.08. The molecule has 1 aliphatic heterocycles. The molecule has 3 heteroatoms.